The van der Waals surface area contributed by atoms with Gasteiger partial charge in [0.15, 0.2) is 0 Å². The molecule has 1 unspecified atom stereocenters. The SMILES string of the molecule is C[Si](C)(Cc1ccc(F)cc1)C[Si](C)(CCl)c1ccc(F)cc1. The molecule has 23 heavy (non-hydrogen) atoms. The lowest BCUT2D eigenvalue weighted by Crippen LogP contribution is -2.53. The molecular formula is C18H23ClF2Si2. The van der Waals surface area contributed by atoms with Gasteiger partial charge in [0.05, 0.1) is 8.07 Å². The van der Waals surface area contributed by atoms with Gasteiger partial charge in [0.2, 0.25) is 0 Å². The highest BCUT2D eigenvalue weighted by Gasteiger charge is 2.36. The van der Waals surface area contributed by atoms with Gasteiger partial charge in [0.1, 0.15) is 11.6 Å². The smallest absolute Gasteiger partial charge is 0.123 e. The van der Waals surface area contributed by atoms with Crippen LogP contribution < -0.4 is 5.19 Å². The molecule has 1 atom stereocenters. The Balaban J connectivity index is 2.18. The molecule has 0 aliphatic heterocycles. The Morgan fingerprint density at radius 2 is 1.30 bits per heavy atom. The first kappa shape index (κ1) is 18.4. The van der Waals surface area contributed by atoms with Gasteiger partial charge in [-0.1, -0.05) is 60.3 Å². The summed E-state index contributed by atoms with van der Waals surface area (Å²) in [6.45, 7) is 7.00. The first-order valence-electron chi connectivity index (χ1n) is 7.81. The maximum absolute atomic E-state index is 13.2. The Morgan fingerprint density at radius 1 is 0.826 bits per heavy atom. The first-order valence-corrected chi connectivity index (χ1v) is 14.7. The Bertz CT molecular complexity index is 641. The number of halogens is 3. The van der Waals surface area contributed by atoms with Crippen LogP contribution in [-0.4, -0.2) is 21.7 Å². The molecule has 2 aromatic rings. The van der Waals surface area contributed by atoms with Crippen LogP contribution >= 0.6 is 11.6 Å². The van der Waals surface area contributed by atoms with E-state index in [1.54, 1.807) is 0 Å². The van der Waals surface area contributed by atoms with Crippen LogP contribution in [0.2, 0.25) is 25.3 Å². The molecule has 0 aliphatic rings. The van der Waals surface area contributed by atoms with E-state index in [1.807, 2.05) is 24.3 Å². The molecule has 0 heterocycles. The Kier molecular flexibility index (Phi) is 5.81. The average Bonchev–Trinajstić information content (AvgIpc) is 2.49. The molecule has 0 bridgehead atoms. The van der Waals surface area contributed by atoms with E-state index in [9.17, 15) is 8.78 Å². The fraction of sp³-hybridized carbons (Fsp3) is 0.333. The lowest BCUT2D eigenvalue weighted by Gasteiger charge is -2.34. The van der Waals surface area contributed by atoms with Gasteiger partial charge in [0.25, 0.3) is 0 Å². The molecular weight excluding hydrogens is 346 g/mol. The number of rotatable bonds is 6. The minimum atomic E-state index is -1.84. The molecule has 0 nitrogen and oxygen atoms in total. The third-order valence-corrected chi connectivity index (χ3v) is 16.7. The zero-order chi connectivity index (χ0) is 17.1. The highest BCUT2D eigenvalue weighted by atomic mass is 35.5. The predicted molar refractivity (Wildman–Crippen MR) is 101 cm³/mol. The predicted octanol–water partition coefficient (Wildman–Crippen LogP) is 5.06. The molecule has 5 heteroatoms. The summed E-state index contributed by atoms with van der Waals surface area (Å²) in [6.07, 6.45) is 0. The summed E-state index contributed by atoms with van der Waals surface area (Å²) < 4.78 is 26.3. The fourth-order valence-electron chi connectivity index (χ4n) is 3.35. The van der Waals surface area contributed by atoms with Crippen molar-refractivity contribution >= 4 is 32.9 Å². The van der Waals surface area contributed by atoms with Crippen molar-refractivity contribution in [2.75, 3.05) is 5.50 Å². The molecule has 0 N–H and O–H groups in total. The lowest BCUT2D eigenvalue weighted by atomic mass is 10.2. The van der Waals surface area contributed by atoms with E-state index in [0.29, 0.717) is 5.50 Å². The maximum Gasteiger partial charge on any atom is 0.123 e. The lowest BCUT2D eigenvalue weighted by molar-refractivity contribution is 0.627. The Hall–Kier alpha value is -0.976. The van der Waals surface area contributed by atoms with E-state index in [2.05, 4.69) is 19.6 Å². The van der Waals surface area contributed by atoms with E-state index in [1.165, 1.54) is 35.0 Å². The maximum atomic E-state index is 13.2. The van der Waals surface area contributed by atoms with Crippen molar-refractivity contribution in [2.24, 2.45) is 0 Å². The molecule has 0 amide bonds. The molecule has 0 spiro atoms. The average molecular weight is 369 g/mol. The Morgan fingerprint density at radius 3 is 1.78 bits per heavy atom. The minimum Gasteiger partial charge on any atom is -0.207 e. The largest absolute Gasteiger partial charge is 0.207 e. The monoisotopic (exact) mass is 368 g/mol. The van der Waals surface area contributed by atoms with E-state index in [-0.39, 0.29) is 11.6 Å². The van der Waals surface area contributed by atoms with E-state index >= 15 is 0 Å². The summed E-state index contributed by atoms with van der Waals surface area (Å²) in [5.41, 5.74) is 2.96. The molecule has 2 aromatic carbocycles. The van der Waals surface area contributed by atoms with Crippen LogP contribution in [-0.2, 0) is 6.04 Å². The van der Waals surface area contributed by atoms with Crippen LogP contribution in [0.15, 0.2) is 48.5 Å². The third kappa shape index (κ3) is 5.00. The Labute approximate surface area is 144 Å². The van der Waals surface area contributed by atoms with Gasteiger partial charge < -0.3 is 0 Å². The van der Waals surface area contributed by atoms with Gasteiger partial charge in [0, 0.05) is 13.6 Å². The van der Waals surface area contributed by atoms with Crippen molar-refractivity contribution in [3.8, 4) is 0 Å². The standard InChI is InChI=1S/C18H23ClF2Si2/c1-22(2,12-15-4-6-16(20)7-5-15)14-23(3,13-19)18-10-8-17(21)9-11-18/h4-11H,12-14H2,1-3H3. The zero-order valence-corrected chi connectivity index (χ0v) is 16.6. The topological polar surface area (TPSA) is 0 Å². The van der Waals surface area contributed by atoms with Gasteiger partial charge in [-0.05, 0) is 30.3 Å². The van der Waals surface area contributed by atoms with Crippen LogP contribution in [0.3, 0.4) is 0 Å². The van der Waals surface area contributed by atoms with Crippen LogP contribution in [0.25, 0.3) is 0 Å². The van der Waals surface area contributed by atoms with Crippen molar-refractivity contribution in [3.63, 3.8) is 0 Å². The second-order valence-electron chi connectivity index (χ2n) is 7.35. The minimum absolute atomic E-state index is 0.195. The van der Waals surface area contributed by atoms with Gasteiger partial charge >= 0.3 is 0 Å². The van der Waals surface area contributed by atoms with E-state index in [0.717, 1.165) is 11.7 Å². The highest BCUT2D eigenvalue weighted by Crippen LogP contribution is 2.25. The fourth-order valence-corrected chi connectivity index (χ4v) is 17.3. The van der Waals surface area contributed by atoms with Crippen molar-refractivity contribution in [1.82, 2.24) is 0 Å². The van der Waals surface area contributed by atoms with Crippen LogP contribution in [0, 0.1) is 11.6 Å². The second-order valence-corrected chi connectivity index (χ2v) is 18.2. The van der Waals surface area contributed by atoms with E-state index in [4.69, 9.17) is 11.6 Å². The second kappa shape index (κ2) is 7.28. The summed E-state index contributed by atoms with van der Waals surface area (Å²) in [5.74, 6) is -0.401. The van der Waals surface area contributed by atoms with E-state index < -0.39 is 16.1 Å². The molecule has 0 saturated heterocycles. The van der Waals surface area contributed by atoms with Crippen LogP contribution in [0.4, 0.5) is 8.78 Å². The van der Waals surface area contributed by atoms with Gasteiger partial charge in [-0.2, -0.15) is 0 Å². The highest BCUT2D eigenvalue weighted by molar-refractivity contribution is 7.04. The molecule has 2 rings (SSSR count). The molecule has 0 saturated carbocycles. The first-order chi connectivity index (χ1) is 10.7. The summed E-state index contributed by atoms with van der Waals surface area (Å²) in [7, 11) is -3.39. The van der Waals surface area contributed by atoms with Crippen molar-refractivity contribution < 1.29 is 8.78 Å². The molecule has 0 radical (unpaired) electrons. The van der Waals surface area contributed by atoms with Gasteiger partial charge in [-0.3, -0.25) is 0 Å². The van der Waals surface area contributed by atoms with Gasteiger partial charge in [-0.25, -0.2) is 8.78 Å². The van der Waals surface area contributed by atoms with Crippen molar-refractivity contribution in [1.29, 1.82) is 0 Å². The van der Waals surface area contributed by atoms with Crippen molar-refractivity contribution in [3.05, 3.63) is 65.7 Å². The normalized spacial score (nSPS) is 14.5. The number of benzene rings is 2. The summed E-state index contributed by atoms with van der Waals surface area (Å²) in [4.78, 5) is 0. The summed E-state index contributed by atoms with van der Waals surface area (Å²) in [6, 6.07) is 14.7. The van der Waals surface area contributed by atoms with Gasteiger partial charge in [-0.15, -0.1) is 11.6 Å². The molecule has 0 aromatic heterocycles. The zero-order valence-electron chi connectivity index (χ0n) is 13.9. The molecule has 0 aliphatic carbocycles. The summed E-state index contributed by atoms with van der Waals surface area (Å²) >= 11 is 6.35. The molecule has 124 valence electrons. The quantitative estimate of drug-likeness (QED) is 0.494. The van der Waals surface area contributed by atoms with Crippen LogP contribution in [0.1, 0.15) is 5.56 Å². The van der Waals surface area contributed by atoms with Crippen molar-refractivity contribution in [2.45, 2.75) is 31.4 Å². The molecule has 0 fully saturated rings. The number of alkyl halides is 1. The third-order valence-electron chi connectivity index (χ3n) is 4.30. The number of hydrogen-bond acceptors (Lipinski definition) is 0. The van der Waals surface area contributed by atoms with Crippen LogP contribution in [0.5, 0.6) is 0 Å². The number of hydrogen-bond donors (Lipinski definition) is 0. The summed E-state index contributed by atoms with van der Waals surface area (Å²) in [5, 5.41) is 1.22.